The monoisotopic (exact) mass is 436 g/mol. The predicted molar refractivity (Wildman–Crippen MR) is 99.5 cm³/mol. The fraction of sp³-hybridized carbons (Fsp3) is 0.421. The van der Waals surface area contributed by atoms with E-state index in [1.807, 2.05) is 40.2 Å². The van der Waals surface area contributed by atoms with E-state index >= 15 is 0 Å². The van der Waals surface area contributed by atoms with Crippen molar-refractivity contribution in [3.8, 4) is 0 Å². The first-order valence-corrected chi connectivity index (χ1v) is 8.51. The molecule has 0 spiro atoms. The summed E-state index contributed by atoms with van der Waals surface area (Å²) >= 11 is 0. The molecule has 3 rings (SSSR count). The van der Waals surface area contributed by atoms with Crippen molar-refractivity contribution in [3.63, 3.8) is 0 Å². The Bertz CT molecular complexity index is 857. The highest BCUT2D eigenvalue weighted by atomic mass is 79.9. The first-order chi connectivity index (χ1) is 12.0. The summed E-state index contributed by atoms with van der Waals surface area (Å²) in [7, 11) is 9.05. The van der Waals surface area contributed by atoms with Gasteiger partial charge in [0.15, 0.2) is 6.54 Å². The number of nitrogens with zero attached hydrogens (tertiary/aromatic N) is 3. The minimum absolute atomic E-state index is 0. The van der Waals surface area contributed by atoms with Crippen molar-refractivity contribution in [2.24, 2.45) is 0 Å². The zero-order valence-corrected chi connectivity index (χ0v) is 18.0. The Hall–Kier alpha value is -2.19. The van der Waals surface area contributed by atoms with E-state index < -0.39 is 6.04 Å². The molecular weight excluding hydrogens is 412 g/mol. The zero-order valence-electron chi connectivity index (χ0n) is 16.5. The smallest absolute Gasteiger partial charge is 0.324 e. The number of rotatable bonds is 3. The third-order valence-corrected chi connectivity index (χ3v) is 4.79. The van der Waals surface area contributed by atoms with Gasteiger partial charge in [0.1, 0.15) is 6.04 Å². The van der Waals surface area contributed by atoms with E-state index in [1.165, 1.54) is 4.90 Å². The number of nitrogens with one attached hydrogen (secondary N) is 1. The summed E-state index contributed by atoms with van der Waals surface area (Å²) in [5.74, 6) is -0.487. The number of carbonyl (C=O) groups excluding carboxylic acids is 3. The van der Waals surface area contributed by atoms with Crippen LogP contribution in [0.15, 0.2) is 17.8 Å². The predicted octanol–water partition coefficient (Wildman–Crippen LogP) is -1.71. The van der Waals surface area contributed by atoms with Crippen molar-refractivity contribution in [1.29, 1.82) is 0 Å². The third-order valence-electron chi connectivity index (χ3n) is 4.79. The first kappa shape index (κ1) is 21.1. The maximum atomic E-state index is 13.1. The fourth-order valence-corrected chi connectivity index (χ4v) is 3.54. The molecule has 0 saturated carbocycles. The molecule has 1 aromatic carbocycles. The number of quaternary nitrogens is 1. The molecular formula is C19H25BrN4O3. The number of Topliss-reactive ketones (excluding diaryl/α,β-unsaturated/α-hetero) is 1. The van der Waals surface area contributed by atoms with E-state index in [2.05, 4.69) is 5.32 Å². The second-order valence-electron chi connectivity index (χ2n) is 8.00. The highest BCUT2D eigenvalue weighted by Crippen LogP contribution is 2.43. The van der Waals surface area contributed by atoms with E-state index in [4.69, 9.17) is 0 Å². The second-order valence-corrected chi connectivity index (χ2v) is 8.00. The van der Waals surface area contributed by atoms with Gasteiger partial charge in [0.25, 0.3) is 5.91 Å². The summed E-state index contributed by atoms with van der Waals surface area (Å²) in [5, 5.41) is 2.75. The molecule has 3 amide bonds. The van der Waals surface area contributed by atoms with Crippen LogP contribution in [0.4, 0.5) is 10.5 Å². The van der Waals surface area contributed by atoms with Crippen molar-refractivity contribution < 1.29 is 35.8 Å². The van der Waals surface area contributed by atoms with Gasteiger partial charge in [-0.1, -0.05) is 6.07 Å². The average Bonchev–Trinajstić information content (AvgIpc) is 2.52. The molecule has 1 N–H and O–H groups in total. The standard InChI is InChI=1S/C19H24N4O3.BrH/c1-11-7-8-14-16-12(11)9-13(20-15(24)10-23(4,5)6)18(25)17(16)22(3)19(26)21(14)2;/h7-9,17H,10H2,1-6H3;1H. The molecule has 0 aromatic heterocycles. The number of aryl methyl sites for hydroxylation is 1. The average molecular weight is 437 g/mol. The Morgan fingerprint density at radius 3 is 2.41 bits per heavy atom. The molecule has 7 nitrogen and oxygen atoms in total. The van der Waals surface area contributed by atoms with Crippen molar-refractivity contribution in [3.05, 3.63) is 34.5 Å². The van der Waals surface area contributed by atoms with E-state index in [0.29, 0.717) is 4.48 Å². The highest BCUT2D eigenvalue weighted by molar-refractivity contribution is 6.13. The molecule has 0 radical (unpaired) electrons. The number of hydrogen-bond donors (Lipinski definition) is 1. The fourth-order valence-electron chi connectivity index (χ4n) is 3.54. The van der Waals surface area contributed by atoms with Gasteiger partial charge in [-0.05, 0) is 30.2 Å². The van der Waals surface area contributed by atoms with E-state index in [-0.39, 0.29) is 46.9 Å². The third kappa shape index (κ3) is 3.64. The lowest BCUT2D eigenvalue weighted by atomic mass is 9.84. The molecule has 1 aromatic rings. The summed E-state index contributed by atoms with van der Waals surface area (Å²) in [6.45, 7) is 2.21. The normalized spacial score (nSPS) is 18.6. The van der Waals surface area contributed by atoms with Gasteiger partial charge < -0.3 is 31.7 Å². The number of anilines is 1. The van der Waals surface area contributed by atoms with Crippen LogP contribution in [0.3, 0.4) is 0 Å². The minimum Gasteiger partial charge on any atom is -1.00 e. The lowest BCUT2D eigenvalue weighted by molar-refractivity contribution is -0.862. The van der Waals surface area contributed by atoms with Crippen LogP contribution in [-0.4, -0.2) is 68.9 Å². The quantitative estimate of drug-likeness (QED) is 0.573. The van der Waals surface area contributed by atoms with Gasteiger partial charge >= 0.3 is 6.03 Å². The SMILES string of the molecule is Cc1ccc2c3c1C=C(NC(=O)C[N+](C)(C)C)C(=O)C3N(C)C(=O)N2C.[Br-]. The van der Waals surface area contributed by atoms with Crippen LogP contribution in [0.25, 0.3) is 6.08 Å². The Morgan fingerprint density at radius 1 is 1.19 bits per heavy atom. The Balaban J connectivity index is 0.00000261. The number of ketones is 1. The molecule has 8 heteroatoms. The van der Waals surface area contributed by atoms with Gasteiger partial charge in [0.05, 0.1) is 32.5 Å². The molecule has 146 valence electrons. The summed E-state index contributed by atoms with van der Waals surface area (Å²) in [5.41, 5.74) is 3.68. The lowest BCUT2D eigenvalue weighted by Crippen LogP contribution is -3.00. The van der Waals surface area contributed by atoms with Crippen molar-refractivity contribution in [2.45, 2.75) is 13.0 Å². The number of likely N-dealkylation sites (N-methyl/N-ethyl adjacent to an activating group) is 2. The van der Waals surface area contributed by atoms with Gasteiger partial charge in [-0.2, -0.15) is 0 Å². The number of benzene rings is 1. The summed E-state index contributed by atoms with van der Waals surface area (Å²) in [6, 6.07) is 2.84. The molecule has 27 heavy (non-hydrogen) atoms. The second kappa shape index (κ2) is 7.09. The van der Waals surface area contributed by atoms with Crippen molar-refractivity contribution in [2.75, 3.05) is 46.7 Å². The molecule has 1 unspecified atom stereocenters. The van der Waals surface area contributed by atoms with Gasteiger partial charge in [-0.25, -0.2) is 4.79 Å². The molecule has 0 saturated heterocycles. The lowest BCUT2D eigenvalue weighted by Gasteiger charge is -2.41. The van der Waals surface area contributed by atoms with Gasteiger partial charge in [-0.3, -0.25) is 14.5 Å². The summed E-state index contributed by atoms with van der Waals surface area (Å²) < 4.78 is 0.458. The molecule has 0 bridgehead atoms. The molecule has 1 atom stereocenters. The van der Waals surface area contributed by atoms with E-state index in [9.17, 15) is 14.4 Å². The van der Waals surface area contributed by atoms with E-state index in [0.717, 1.165) is 22.4 Å². The number of urea groups is 1. The topological polar surface area (TPSA) is 69.7 Å². The first-order valence-electron chi connectivity index (χ1n) is 8.51. The van der Waals surface area contributed by atoms with Gasteiger partial charge in [-0.15, -0.1) is 0 Å². The van der Waals surface area contributed by atoms with Crippen LogP contribution in [0.2, 0.25) is 0 Å². The van der Waals surface area contributed by atoms with Crippen molar-refractivity contribution >= 4 is 29.5 Å². The highest BCUT2D eigenvalue weighted by Gasteiger charge is 2.43. The van der Waals surface area contributed by atoms with E-state index in [1.54, 1.807) is 25.1 Å². The maximum Gasteiger partial charge on any atom is 0.324 e. The van der Waals surface area contributed by atoms with Crippen molar-refractivity contribution in [1.82, 2.24) is 10.2 Å². The van der Waals surface area contributed by atoms with Crippen LogP contribution in [0.5, 0.6) is 0 Å². The summed E-state index contributed by atoms with van der Waals surface area (Å²) in [6.07, 6.45) is 1.73. The molecule has 1 heterocycles. The number of hydrogen-bond acceptors (Lipinski definition) is 3. The molecule has 0 fully saturated rings. The zero-order chi connectivity index (χ0) is 19.4. The van der Waals surface area contributed by atoms with Crippen LogP contribution in [0.1, 0.15) is 22.7 Å². The van der Waals surface area contributed by atoms with Gasteiger partial charge in [0.2, 0.25) is 5.78 Å². The van der Waals surface area contributed by atoms with Crippen LogP contribution in [0, 0.1) is 6.92 Å². The Morgan fingerprint density at radius 2 is 1.81 bits per heavy atom. The number of amides is 3. The molecule has 1 aliphatic heterocycles. The summed E-state index contributed by atoms with van der Waals surface area (Å²) in [4.78, 5) is 40.9. The van der Waals surface area contributed by atoms with Gasteiger partial charge in [0, 0.05) is 19.7 Å². The van der Waals surface area contributed by atoms with Crippen LogP contribution >= 0.6 is 0 Å². The molecule has 1 aliphatic carbocycles. The Kier molecular flexibility index (Phi) is 5.54. The van der Waals surface area contributed by atoms with Crippen LogP contribution in [-0.2, 0) is 9.59 Å². The number of halogens is 1. The largest absolute Gasteiger partial charge is 1.00 e. The molecule has 2 aliphatic rings. The maximum absolute atomic E-state index is 13.1. The minimum atomic E-state index is -0.715. The van der Waals surface area contributed by atoms with Crippen LogP contribution < -0.4 is 27.2 Å². The number of carbonyl (C=O) groups is 3. The Labute approximate surface area is 170 Å².